The van der Waals surface area contributed by atoms with Crippen LogP contribution in [0.5, 0.6) is 5.75 Å². The van der Waals surface area contributed by atoms with Crippen LogP contribution in [-0.2, 0) is 0 Å². The second-order valence-electron chi connectivity index (χ2n) is 5.42. The van der Waals surface area contributed by atoms with E-state index in [9.17, 15) is 0 Å². The van der Waals surface area contributed by atoms with Crippen molar-refractivity contribution in [3.63, 3.8) is 0 Å². The van der Waals surface area contributed by atoms with E-state index < -0.39 is 0 Å². The van der Waals surface area contributed by atoms with Crippen LogP contribution >= 0.6 is 0 Å². The molecule has 1 nitrogen and oxygen atoms in total. The van der Waals surface area contributed by atoms with Crippen LogP contribution in [0.25, 0.3) is 6.08 Å². The van der Waals surface area contributed by atoms with Crippen molar-refractivity contribution in [1.29, 1.82) is 0 Å². The molecule has 0 aromatic heterocycles. The Labute approximate surface area is 125 Å². The minimum absolute atomic E-state index is 0.820. The van der Waals surface area contributed by atoms with Gasteiger partial charge in [0, 0.05) is 5.56 Å². The highest BCUT2D eigenvalue weighted by molar-refractivity contribution is 5.55. The number of hydrogen-bond donors (Lipinski definition) is 0. The van der Waals surface area contributed by atoms with Gasteiger partial charge in [0.05, 0.1) is 6.61 Å². The van der Waals surface area contributed by atoms with Crippen LogP contribution in [0, 0.1) is 0 Å². The van der Waals surface area contributed by atoms with E-state index >= 15 is 0 Å². The molecule has 0 aliphatic rings. The minimum Gasteiger partial charge on any atom is -0.493 e. The predicted octanol–water partition coefficient (Wildman–Crippen LogP) is 6.24. The van der Waals surface area contributed by atoms with Gasteiger partial charge >= 0.3 is 0 Å². The molecule has 1 heteroatoms. The summed E-state index contributed by atoms with van der Waals surface area (Å²) in [5.74, 6) is 0.960. The summed E-state index contributed by atoms with van der Waals surface area (Å²) < 4.78 is 5.82. The Balaban J connectivity index is 1.98. The lowest BCUT2D eigenvalue weighted by Gasteiger charge is -2.08. The van der Waals surface area contributed by atoms with Crippen LogP contribution in [0.1, 0.15) is 70.3 Å². The summed E-state index contributed by atoms with van der Waals surface area (Å²) >= 11 is 0. The second kappa shape index (κ2) is 11.6. The SMILES string of the molecule is C=Cc1ccccc1OCCCCCCCCCCC. The van der Waals surface area contributed by atoms with Crippen LogP contribution in [0.4, 0.5) is 0 Å². The number of ether oxygens (including phenoxy) is 1. The van der Waals surface area contributed by atoms with E-state index in [1.807, 2.05) is 30.3 Å². The molecule has 1 aromatic carbocycles. The smallest absolute Gasteiger partial charge is 0.126 e. The lowest BCUT2D eigenvalue weighted by atomic mass is 10.1. The van der Waals surface area contributed by atoms with Crippen LogP contribution in [0.2, 0.25) is 0 Å². The third-order valence-corrected chi connectivity index (χ3v) is 3.64. The zero-order valence-electron chi connectivity index (χ0n) is 13.1. The highest BCUT2D eigenvalue weighted by Gasteiger charge is 1.98. The fourth-order valence-electron chi connectivity index (χ4n) is 2.38. The summed E-state index contributed by atoms with van der Waals surface area (Å²) in [5.41, 5.74) is 1.09. The standard InChI is InChI=1S/C19H30O/c1-3-5-6-7-8-9-10-11-14-17-20-19-16-13-12-15-18(19)4-2/h4,12-13,15-16H,2-3,5-11,14,17H2,1H3. The maximum absolute atomic E-state index is 5.82. The van der Waals surface area contributed by atoms with E-state index in [1.54, 1.807) is 0 Å². The number of unbranched alkanes of at least 4 members (excludes halogenated alkanes) is 8. The van der Waals surface area contributed by atoms with Gasteiger partial charge in [-0.25, -0.2) is 0 Å². The molecule has 0 radical (unpaired) electrons. The van der Waals surface area contributed by atoms with Crippen LogP contribution < -0.4 is 4.74 Å². The molecule has 0 saturated heterocycles. The molecule has 0 bridgehead atoms. The molecule has 1 rings (SSSR count). The number of benzene rings is 1. The predicted molar refractivity (Wildman–Crippen MR) is 89.3 cm³/mol. The maximum Gasteiger partial charge on any atom is 0.126 e. The van der Waals surface area contributed by atoms with Crippen molar-refractivity contribution in [2.75, 3.05) is 6.61 Å². The molecule has 0 atom stereocenters. The Bertz CT molecular complexity index is 357. The van der Waals surface area contributed by atoms with Gasteiger partial charge in [0.2, 0.25) is 0 Å². The van der Waals surface area contributed by atoms with Crippen molar-refractivity contribution >= 4 is 6.08 Å². The van der Waals surface area contributed by atoms with E-state index in [2.05, 4.69) is 13.5 Å². The molecule has 0 amide bonds. The Hall–Kier alpha value is -1.24. The summed E-state index contributed by atoms with van der Waals surface area (Å²) in [6.45, 7) is 6.90. The molecule has 0 unspecified atom stereocenters. The first kappa shape index (κ1) is 16.8. The first-order chi connectivity index (χ1) is 9.88. The third kappa shape index (κ3) is 7.37. The first-order valence-electron chi connectivity index (χ1n) is 8.22. The first-order valence-corrected chi connectivity index (χ1v) is 8.22. The average molecular weight is 274 g/mol. The molecule has 0 N–H and O–H groups in total. The van der Waals surface area contributed by atoms with Crippen molar-refractivity contribution in [2.24, 2.45) is 0 Å². The van der Waals surface area contributed by atoms with Gasteiger partial charge in [0.25, 0.3) is 0 Å². The van der Waals surface area contributed by atoms with E-state index in [-0.39, 0.29) is 0 Å². The highest BCUT2D eigenvalue weighted by Crippen LogP contribution is 2.19. The van der Waals surface area contributed by atoms with E-state index in [0.29, 0.717) is 0 Å². The van der Waals surface area contributed by atoms with Gasteiger partial charge in [-0.15, -0.1) is 0 Å². The molecule has 0 aliphatic carbocycles. The Morgan fingerprint density at radius 2 is 1.50 bits per heavy atom. The Morgan fingerprint density at radius 1 is 0.900 bits per heavy atom. The number of para-hydroxylation sites is 1. The van der Waals surface area contributed by atoms with Crippen molar-refractivity contribution in [2.45, 2.75) is 64.7 Å². The Morgan fingerprint density at radius 3 is 2.15 bits per heavy atom. The molecule has 1 aromatic rings. The van der Waals surface area contributed by atoms with Crippen molar-refractivity contribution < 1.29 is 4.74 Å². The van der Waals surface area contributed by atoms with Crippen LogP contribution in [-0.4, -0.2) is 6.61 Å². The fourth-order valence-corrected chi connectivity index (χ4v) is 2.38. The van der Waals surface area contributed by atoms with Crippen LogP contribution in [0.3, 0.4) is 0 Å². The molecule has 0 aliphatic heterocycles. The van der Waals surface area contributed by atoms with E-state index in [1.165, 1.54) is 51.4 Å². The summed E-state index contributed by atoms with van der Waals surface area (Å²) in [7, 11) is 0. The third-order valence-electron chi connectivity index (χ3n) is 3.64. The van der Waals surface area contributed by atoms with Gasteiger partial charge in [0.1, 0.15) is 5.75 Å². The second-order valence-corrected chi connectivity index (χ2v) is 5.42. The molecular formula is C19H30O. The van der Waals surface area contributed by atoms with E-state index in [0.717, 1.165) is 24.3 Å². The highest BCUT2D eigenvalue weighted by atomic mass is 16.5. The molecule has 0 fully saturated rings. The lowest BCUT2D eigenvalue weighted by Crippen LogP contribution is -1.98. The largest absolute Gasteiger partial charge is 0.493 e. The number of rotatable bonds is 12. The fraction of sp³-hybridized carbons (Fsp3) is 0.579. The average Bonchev–Trinajstić information content (AvgIpc) is 2.49. The summed E-state index contributed by atoms with van der Waals surface area (Å²) in [4.78, 5) is 0. The molecular weight excluding hydrogens is 244 g/mol. The number of hydrogen-bond acceptors (Lipinski definition) is 1. The molecule has 0 spiro atoms. The minimum atomic E-state index is 0.820. The normalized spacial score (nSPS) is 10.4. The zero-order chi connectivity index (χ0) is 14.5. The Kier molecular flexibility index (Phi) is 9.73. The van der Waals surface area contributed by atoms with Gasteiger partial charge < -0.3 is 4.74 Å². The van der Waals surface area contributed by atoms with Gasteiger partial charge in [-0.05, 0) is 12.5 Å². The maximum atomic E-state index is 5.82. The molecule has 20 heavy (non-hydrogen) atoms. The van der Waals surface area contributed by atoms with Gasteiger partial charge in [-0.2, -0.15) is 0 Å². The zero-order valence-corrected chi connectivity index (χ0v) is 13.1. The quantitative estimate of drug-likeness (QED) is 0.410. The topological polar surface area (TPSA) is 9.23 Å². The van der Waals surface area contributed by atoms with Crippen LogP contribution in [0.15, 0.2) is 30.8 Å². The lowest BCUT2D eigenvalue weighted by molar-refractivity contribution is 0.303. The molecule has 0 saturated carbocycles. The molecule has 112 valence electrons. The summed E-state index contributed by atoms with van der Waals surface area (Å²) in [5, 5.41) is 0. The monoisotopic (exact) mass is 274 g/mol. The van der Waals surface area contributed by atoms with Crippen molar-refractivity contribution in [3.8, 4) is 5.75 Å². The van der Waals surface area contributed by atoms with Gasteiger partial charge in [-0.1, -0.05) is 89.1 Å². The van der Waals surface area contributed by atoms with E-state index in [4.69, 9.17) is 4.74 Å². The molecule has 0 heterocycles. The van der Waals surface area contributed by atoms with Crippen molar-refractivity contribution in [1.82, 2.24) is 0 Å². The van der Waals surface area contributed by atoms with Gasteiger partial charge in [-0.3, -0.25) is 0 Å². The summed E-state index contributed by atoms with van der Waals surface area (Å²) in [6, 6.07) is 8.09. The van der Waals surface area contributed by atoms with Gasteiger partial charge in [0.15, 0.2) is 0 Å². The van der Waals surface area contributed by atoms with Crippen molar-refractivity contribution in [3.05, 3.63) is 36.4 Å². The summed E-state index contributed by atoms with van der Waals surface area (Å²) in [6.07, 6.45) is 14.0.